The van der Waals surface area contributed by atoms with Gasteiger partial charge < -0.3 is 4.90 Å². The summed E-state index contributed by atoms with van der Waals surface area (Å²) < 4.78 is 0. The Balaban J connectivity index is 2.62. The number of nitrogens with zero attached hydrogens (tertiary/aromatic N) is 2. The van der Waals surface area contributed by atoms with Crippen LogP contribution < -0.4 is 0 Å². The standard InChI is InChI=1S/C10H11N3O/c1-13(2)10(14)7-4-3-5-9-8(7)6-11-12-9/h3-6H,1-2H3,(H,11,12). The molecule has 0 aliphatic heterocycles. The average molecular weight is 189 g/mol. The molecule has 0 spiro atoms. The Hall–Kier alpha value is -1.84. The van der Waals surface area contributed by atoms with Crippen molar-refractivity contribution in [3.63, 3.8) is 0 Å². The molecule has 14 heavy (non-hydrogen) atoms. The molecule has 0 bridgehead atoms. The number of carbonyl (C=O) groups is 1. The van der Waals surface area contributed by atoms with Gasteiger partial charge >= 0.3 is 0 Å². The molecule has 1 N–H and O–H groups in total. The zero-order valence-corrected chi connectivity index (χ0v) is 8.11. The van der Waals surface area contributed by atoms with Crippen molar-refractivity contribution in [2.45, 2.75) is 0 Å². The number of H-pyrrole nitrogens is 1. The van der Waals surface area contributed by atoms with E-state index in [0.717, 1.165) is 10.9 Å². The van der Waals surface area contributed by atoms with Crippen LogP contribution in [0.3, 0.4) is 0 Å². The molecule has 1 aromatic carbocycles. The van der Waals surface area contributed by atoms with Crippen molar-refractivity contribution in [1.29, 1.82) is 0 Å². The number of nitrogens with one attached hydrogen (secondary N) is 1. The van der Waals surface area contributed by atoms with Crippen LogP contribution >= 0.6 is 0 Å². The van der Waals surface area contributed by atoms with Crippen LogP contribution in [0, 0.1) is 0 Å². The number of hydrogen-bond donors (Lipinski definition) is 1. The lowest BCUT2D eigenvalue weighted by Crippen LogP contribution is -2.21. The van der Waals surface area contributed by atoms with Crippen molar-refractivity contribution < 1.29 is 4.79 Å². The van der Waals surface area contributed by atoms with Crippen LogP contribution in [0.5, 0.6) is 0 Å². The molecule has 0 atom stereocenters. The van der Waals surface area contributed by atoms with Gasteiger partial charge in [0.25, 0.3) is 5.91 Å². The minimum Gasteiger partial charge on any atom is -0.345 e. The molecule has 0 fully saturated rings. The average Bonchev–Trinajstić information content (AvgIpc) is 2.63. The smallest absolute Gasteiger partial charge is 0.254 e. The monoisotopic (exact) mass is 189 g/mol. The molecular formula is C10H11N3O. The highest BCUT2D eigenvalue weighted by Crippen LogP contribution is 2.16. The van der Waals surface area contributed by atoms with Gasteiger partial charge in [-0.15, -0.1) is 0 Å². The first-order chi connectivity index (χ1) is 6.70. The van der Waals surface area contributed by atoms with E-state index in [4.69, 9.17) is 0 Å². The van der Waals surface area contributed by atoms with Crippen molar-refractivity contribution in [3.05, 3.63) is 30.0 Å². The molecule has 0 aliphatic rings. The molecule has 0 saturated heterocycles. The predicted molar refractivity (Wildman–Crippen MR) is 54.1 cm³/mol. The SMILES string of the molecule is CN(C)C(=O)c1cccc2[nH]ncc12. The van der Waals surface area contributed by atoms with Crippen LogP contribution in [0.2, 0.25) is 0 Å². The van der Waals surface area contributed by atoms with Gasteiger partial charge in [-0.2, -0.15) is 5.10 Å². The van der Waals surface area contributed by atoms with E-state index in [0.29, 0.717) is 5.56 Å². The molecular weight excluding hydrogens is 178 g/mol. The summed E-state index contributed by atoms with van der Waals surface area (Å²) in [5, 5.41) is 7.61. The minimum absolute atomic E-state index is 0.00278. The lowest BCUT2D eigenvalue weighted by molar-refractivity contribution is 0.0829. The maximum absolute atomic E-state index is 11.7. The van der Waals surface area contributed by atoms with Crippen molar-refractivity contribution in [2.24, 2.45) is 0 Å². The van der Waals surface area contributed by atoms with Gasteiger partial charge in [0.2, 0.25) is 0 Å². The molecule has 1 aromatic heterocycles. The molecule has 4 heteroatoms. The summed E-state index contributed by atoms with van der Waals surface area (Å²) in [5.74, 6) is -0.00278. The van der Waals surface area contributed by atoms with Crippen LogP contribution in [0.1, 0.15) is 10.4 Å². The molecule has 2 aromatic rings. The highest BCUT2D eigenvalue weighted by molar-refractivity contribution is 6.05. The molecule has 1 amide bonds. The summed E-state index contributed by atoms with van der Waals surface area (Å²) in [6.07, 6.45) is 1.67. The molecule has 4 nitrogen and oxygen atoms in total. The first kappa shape index (κ1) is 8.74. The van der Waals surface area contributed by atoms with Gasteiger partial charge in [0, 0.05) is 19.5 Å². The Morgan fingerprint density at radius 1 is 1.43 bits per heavy atom. The minimum atomic E-state index is -0.00278. The highest BCUT2D eigenvalue weighted by atomic mass is 16.2. The van der Waals surface area contributed by atoms with Crippen LogP contribution in [0.15, 0.2) is 24.4 Å². The number of benzene rings is 1. The predicted octanol–water partition coefficient (Wildman–Crippen LogP) is 1.26. The van der Waals surface area contributed by atoms with Crippen LogP contribution in [0.25, 0.3) is 10.9 Å². The Morgan fingerprint density at radius 3 is 2.93 bits per heavy atom. The van der Waals surface area contributed by atoms with Gasteiger partial charge in [0.1, 0.15) is 0 Å². The highest BCUT2D eigenvalue weighted by Gasteiger charge is 2.11. The first-order valence-corrected chi connectivity index (χ1v) is 4.34. The molecule has 1 heterocycles. The second-order valence-electron chi connectivity index (χ2n) is 3.34. The third kappa shape index (κ3) is 1.25. The van der Waals surface area contributed by atoms with E-state index in [1.54, 1.807) is 31.3 Å². The Kier molecular flexibility index (Phi) is 1.96. The molecule has 2 rings (SSSR count). The fourth-order valence-electron chi connectivity index (χ4n) is 1.40. The third-order valence-corrected chi connectivity index (χ3v) is 2.12. The largest absolute Gasteiger partial charge is 0.345 e. The van der Waals surface area contributed by atoms with Crippen LogP contribution in [-0.2, 0) is 0 Å². The Morgan fingerprint density at radius 2 is 2.21 bits per heavy atom. The van der Waals surface area contributed by atoms with Gasteiger partial charge in [0.05, 0.1) is 17.3 Å². The van der Waals surface area contributed by atoms with Crippen molar-refractivity contribution in [2.75, 3.05) is 14.1 Å². The summed E-state index contributed by atoms with van der Waals surface area (Å²) in [6, 6.07) is 5.55. The number of carbonyl (C=O) groups excluding carboxylic acids is 1. The van der Waals surface area contributed by atoms with Crippen LogP contribution in [0.4, 0.5) is 0 Å². The van der Waals surface area contributed by atoms with Gasteiger partial charge in [-0.3, -0.25) is 9.89 Å². The number of fused-ring (bicyclic) bond motifs is 1. The molecule has 0 aliphatic carbocycles. The van der Waals surface area contributed by atoms with E-state index < -0.39 is 0 Å². The quantitative estimate of drug-likeness (QED) is 0.734. The van der Waals surface area contributed by atoms with E-state index in [1.165, 1.54) is 0 Å². The number of aromatic amines is 1. The van der Waals surface area contributed by atoms with Crippen molar-refractivity contribution in [3.8, 4) is 0 Å². The van der Waals surface area contributed by atoms with E-state index in [2.05, 4.69) is 10.2 Å². The Bertz CT molecular complexity index is 473. The zero-order chi connectivity index (χ0) is 10.1. The summed E-state index contributed by atoms with van der Waals surface area (Å²) >= 11 is 0. The second kappa shape index (κ2) is 3.14. The van der Waals surface area contributed by atoms with Gasteiger partial charge in [0.15, 0.2) is 0 Å². The lowest BCUT2D eigenvalue weighted by atomic mass is 10.1. The normalized spacial score (nSPS) is 10.4. The van der Waals surface area contributed by atoms with Gasteiger partial charge in [-0.25, -0.2) is 0 Å². The molecule has 0 saturated carbocycles. The summed E-state index contributed by atoms with van der Waals surface area (Å²) in [5.41, 5.74) is 1.57. The van der Waals surface area contributed by atoms with Gasteiger partial charge in [-0.1, -0.05) is 6.07 Å². The first-order valence-electron chi connectivity index (χ1n) is 4.34. The fourth-order valence-corrected chi connectivity index (χ4v) is 1.40. The maximum Gasteiger partial charge on any atom is 0.254 e. The lowest BCUT2D eigenvalue weighted by Gasteiger charge is -2.10. The number of rotatable bonds is 1. The zero-order valence-electron chi connectivity index (χ0n) is 8.11. The number of hydrogen-bond acceptors (Lipinski definition) is 2. The van der Waals surface area contributed by atoms with Crippen molar-refractivity contribution in [1.82, 2.24) is 15.1 Å². The number of aromatic nitrogens is 2. The maximum atomic E-state index is 11.7. The second-order valence-corrected chi connectivity index (χ2v) is 3.34. The van der Waals surface area contributed by atoms with E-state index >= 15 is 0 Å². The summed E-state index contributed by atoms with van der Waals surface area (Å²) in [4.78, 5) is 13.3. The third-order valence-electron chi connectivity index (χ3n) is 2.12. The molecule has 0 radical (unpaired) electrons. The summed E-state index contributed by atoms with van der Waals surface area (Å²) in [6.45, 7) is 0. The van der Waals surface area contributed by atoms with E-state index in [1.807, 2.05) is 12.1 Å². The van der Waals surface area contributed by atoms with E-state index in [9.17, 15) is 4.79 Å². The molecule has 72 valence electrons. The van der Waals surface area contributed by atoms with Gasteiger partial charge in [-0.05, 0) is 12.1 Å². The van der Waals surface area contributed by atoms with E-state index in [-0.39, 0.29) is 5.91 Å². The fraction of sp³-hybridized carbons (Fsp3) is 0.200. The number of amides is 1. The van der Waals surface area contributed by atoms with Crippen molar-refractivity contribution >= 4 is 16.8 Å². The Labute approximate surface area is 81.5 Å². The van der Waals surface area contributed by atoms with Crippen LogP contribution in [-0.4, -0.2) is 35.1 Å². The topological polar surface area (TPSA) is 49.0 Å². The summed E-state index contributed by atoms with van der Waals surface area (Å²) in [7, 11) is 3.47. The molecule has 0 unspecified atom stereocenters.